The Morgan fingerprint density at radius 1 is 1.44 bits per heavy atom. The molecular weight excluding hydrogens is 292 g/mol. The van der Waals surface area contributed by atoms with Crippen LogP contribution in [0.3, 0.4) is 0 Å². The average molecular weight is 315 g/mol. The van der Waals surface area contributed by atoms with Crippen molar-refractivity contribution in [2.75, 3.05) is 11.9 Å². The van der Waals surface area contributed by atoms with Crippen LogP contribution in [0.25, 0.3) is 0 Å². The minimum absolute atomic E-state index is 0.386. The summed E-state index contributed by atoms with van der Waals surface area (Å²) in [6.45, 7) is 6.33. The first-order valence-electron chi connectivity index (χ1n) is 6.90. The topological polar surface area (TPSA) is 34.0 Å². The molecule has 1 aromatic heterocycles. The Hall–Kier alpha value is -0.420. The van der Waals surface area contributed by atoms with Crippen LogP contribution < -0.4 is 0 Å². The Labute approximate surface area is 118 Å². The maximum Gasteiger partial charge on any atom is 0.141 e. The molecule has 0 amide bonds. The molecule has 0 aliphatic heterocycles. The van der Waals surface area contributed by atoms with E-state index in [9.17, 15) is 0 Å². The van der Waals surface area contributed by atoms with Crippen molar-refractivity contribution in [1.29, 1.82) is 0 Å². The minimum Gasteiger partial charge on any atom is -0.292 e. The molecule has 0 atom stereocenters. The largest absolute Gasteiger partial charge is 0.292 e. The van der Waals surface area contributed by atoms with Gasteiger partial charge in [-0.05, 0) is 26.7 Å². The highest BCUT2D eigenvalue weighted by atomic mass is 79.9. The molecule has 2 rings (SSSR count). The van der Waals surface area contributed by atoms with Gasteiger partial charge in [-0.25, -0.2) is 9.67 Å². The van der Waals surface area contributed by atoms with Crippen molar-refractivity contribution in [1.82, 2.24) is 19.7 Å². The molecule has 0 spiro atoms. The maximum atomic E-state index is 4.43. The van der Waals surface area contributed by atoms with Gasteiger partial charge in [0.25, 0.3) is 0 Å². The number of halogens is 1. The number of hydrogen-bond donors (Lipinski definition) is 0. The van der Waals surface area contributed by atoms with E-state index in [1.54, 1.807) is 6.33 Å². The lowest BCUT2D eigenvalue weighted by Gasteiger charge is -2.28. The molecule has 0 saturated heterocycles. The first kappa shape index (κ1) is 14.0. The van der Waals surface area contributed by atoms with Gasteiger partial charge in [-0.1, -0.05) is 28.8 Å². The van der Waals surface area contributed by atoms with Crippen LogP contribution in [0.2, 0.25) is 0 Å². The lowest BCUT2D eigenvalue weighted by atomic mass is 10.2. The molecule has 1 fully saturated rings. The van der Waals surface area contributed by atoms with Crippen molar-refractivity contribution in [3.63, 3.8) is 0 Å². The zero-order valence-corrected chi connectivity index (χ0v) is 12.9. The van der Waals surface area contributed by atoms with Gasteiger partial charge >= 0.3 is 0 Å². The summed E-state index contributed by atoms with van der Waals surface area (Å²) in [7, 11) is 0. The zero-order valence-electron chi connectivity index (χ0n) is 11.3. The summed E-state index contributed by atoms with van der Waals surface area (Å²) in [5.41, 5.74) is 0. The van der Waals surface area contributed by atoms with Crippen LogP contribution >= 0.6 is 15.9 Å². The third-order valence-electron chi connectivity index (χ3n) is 3.69. The van der Waals surface area contributed by atoms with E-state index >= 15 is 0 Å². The normalized spacial score (nSPS) is 17.2. The first-order valence-corrected chi connectivity index (χ1v) is 8.03. The number of nitrogens with zero attached hydrogens (tertiary/aromatic N) is 4. The summed E-state index contributed by atoms with van der Waals surface area (Å²) in [5.74, 6) is 1.10. The Morgan fingerprint density at radius 2 is 2.17 bits per heavy atom. The summed E-state index contributed by atoms with van der Waals surface area (Å²) in [4.78, 5) is 6.99. The summed E-state index contributed by atoms with van der Waals surface area (Å²) < 4.78 is 2.04. The molecule has 0 radical (unpaired) electrons. The second kappa shape index (κ2) is 6.66. The SMILES string of the molecule is CC(C)n1ncnc1CN(CCBr)C1CCCC1. The fraction of sp³-hybridized carbons (Fsp3) is 0.846. The molecule has 5 heteroatoms. The van der Waals surface area contributed by atoms with E-state index in [1.807, 2.05) is 4.68 Å². The molecule has 0 N–H and O–H groups in total. The van der Waals surface area contributed by atoms with Crippen molar-refractivity contribution < 1.29 is 0 Å². The summed E-state index contributed by atoms with van der Waals surface area (Å²) in [6, 6.07) is 1.12. The molecule has 1 heterocycles. The second-order valence-corrected chi connectivity index (χ2v) is 6.11. The Bertz CT molecular complexity index is 358. The van der Waals surface area contributed by atoms with Gasteiger partial charge in [0.2, 0.25) is 0 Å². The van der Waals surface area contributed by atoms with Gasteiger partial charge in [0.15, 0.2) is 0 Å². The van der Waals surface area contributed by atoms with Crippen LogP contribution in [-0.2, 0) is 6.54 Å². The van der Waals surface area contributed by atoms with Crippen molar-refractivity contribution in [2.24, 2.45) is 0 Å². The van der Waals surface area contributed by atoms with Crippen molar-refractivity contribution in [2.45, 2.75) is 58.2 Å². The molecule has 1 aromatic rings. The number of aromatic nitrogens is 3. The van der Waals surface area contributed by atoms with E-state index in [4.69, 9.17) is 0 Å². The quantitative estimate of drug-likeness (QED) is 0.757. The number of alkyl halides is 1. The van der Waals surface area contributed by atoms with Gasteiger partial charge in [0.1, 0.15) is 12.2 Å². The molecule has 0 unspecified atom stereocenters. The summed E-state index contributed by atoms with van der Waals surface area (Å²) in [5, 5.41) is 5.35. The first-order chi connectivity index (χ1) is 8.72. The highest BCUT2D eigenvalue weighted by Crippen LogP contribution is 2.24. The van der Waals surface area contributed by atoms with Gasteiger partial charge in [0.05, 0.1) is 6.54 Å². The number of rotatable bonds is 6. The molecule has 18 heavy (non-hydrogen) atoms. The zero-order chi connectivity index (χ0) is 13.0. The van der Waals surface area contributed by atoms with Crippen LogP contribution in [0, 0.1) is 0 Å². The molecule has 4 nitrogen and oxygen atoms in total. The van der Waals surface area contributed by atoms with E-state index in [0.29, 0.717) is 6.04 Å². The molecule has 1 aliphatic rings. The molecule has 0 aromatic carbocycles. The Balaban J connectivity index is 2.05. The lowest BCUT2D eigenvalue weighted by molar-refractivity contribution is 0.193. The monoisotopic (exact) mass is 314 g/mol. The molecule has 102 valence electrons. The van der Waals surface area contributed by atoms with Gasteiger partial charge < -0.3 is 0 Å². The van der Waals surface area contributed by atoms with E-state index in [1.165, 1.54) is 25.7 Å². The number of hydrogen-bond acceptors (Lipinski definition) is 3. The fourth-order valence-corrected chi connectivity index (χ4v) is 3.22. The predicted octanol–water partition coefficient (Wildman–Crippen LogP) is 3.00. The third-order valence-corrected chi connectivity index (χ3v) is 4.05. The molecule has 0 bridgehead atoms. The van der Waals surface area contributed by atoms with Crippen molar-refractivity contribution in [3.05, 3.63) is 12.2 Å². The minimum atomic E-state index is 0.386. The molecular formula is C13H23BrN4. The average Bonchev–Trinajstić information content (AvgIpc) is 2.99. The standard InChI is InChI=1S/C13H23BrN4/c1-11(2)18-13(15-10-16-18)9-17(8-7-14)12-5-3-4-6-12/h10-12H,3-9H2,1-2H3. The maximum absolute atomic E-state index is 4.43. The second-order valence-electron chi connectivity index (χ2n) is 5.31. The van der Waals surface area contributed by atoms with Gasteiger partial charge in [-0.2, -0.15) is 5.10 Å². The molecule has 1 saturated carbocycles. The highest BCUT2D eigenvalue weighted by Gasteiger charge is 2.23. The predicted molar refractivity (Wildman–Crippen MR) is 76.9 cm³/mol. The van der Waals surface area contributed by atoms with Crippen molar-refractivity contribution in [3.8, 4) is 0 Å². The van der Waals surface area contributed by atoms with Gasteiger partial charge in [0, 0.05) is 24.0 Å². The van der Waals surface area contributed by atoms with Crippen molar-refractivity contribution >= 4 is 15.9 Å². The fourth-order valence-electron chi connectivity index (χ4n) is 2.77. The van der Waals surface area contributed by atoms with Crippen LogP contribution in [-0.4, -0.2) is 37.6 Å². The van der Waals surface area contributed by atoms with Gasteiger partial charge in [-0.15, -0.1) is 0 Å². The van der Waals surface area contributed by atoms with E-state index in [-0.39, 0.29) is 0 Å². The van der Waals surface area contributed by atoms with E-state index < -0.39 is 0 Å². The lowest BCUT2D eigenvalue weighted by Crippen LogP contribution is -2.35. The highest BCUT2D eigenvalue weighted by molar-refractivity contribution is 9.09. The van der Waals surface area contributed by atoms with E-state index in [0.717, 1.165) is 30.3 Å². The van der Waals surface area contributed by atoms with Crippen LogP contribution in [0.15, 0.2) is 6.33 Å². The Morgan fingerprint density at radius 3 is 2.78 bits per heavy atom. The van der Waals surface area contributed by atoms with Gasteiger partial charge in [-0.3, -0.25) is 4.90 Å². The summed E-state index contributed by atoms with van der Waals surface area (Å²) >= 11 is 3.56. The van der Waals surface area contributed by atoms with Crippen LogP contribution in [0.4, 0.5) is 0 Å². The van der Waals surface area contributed by atoms with Crippen LogP contribution in [0.1, 0.15) is 51.4 Å². The third kappa shape index (κ3) is 3.32. The smallest absolute Gasteiger partial charge is 0.141 e. The Kier molecular flexibility index (Phi) is 5.18. The molecule has 1 aliphatic carbocycles. The van der Waals surface area contributed by atoms with E-state index in [2.05, 4.69) is 44.8 Å². The summed E-state index contributed by atoms with van der Waals surface area (Å²) in [6.07, 6.45) is 7.10. The van der Waals surface area contributed by atoms with Crippen LogP contribution in [0.5, 0.6) is 0 Å².